The molecule has 1 fully saturated rings. The number of allylic oxidation sites excluding steroid dienone is 3. The summed E-state index contributed by atoms with van der Waals surface area (Å²) in [4.78, 5) is 25.0. The molecule has 0 unspecified atom stereocenters. The molecule has 0 spiro atoms. The molecule has 2 aromatic rings. The van der Waals surface area contributed by atoms with E-state index in [4.69, 9.17) is 0 Å². The van der Waals surface area contributed by atoms with E-state index >= 15 is 0 Å². The van der Waals surface area contributed by atoms with Crippen LogP contribution in [0.15, 0.2) is 41.2 Å². The molecule has 0 amide bonds. The van der Waals surface area contributed by atoms with E-state index < -0.39 is 0 Å². The molecular weight excluding hydrogens is 358 g/mol. The first-order chi connectivity index (χ1) is 13.0. The molecule has 140 valence electrons. The Balaban J connectivity index is 1.70. The molecule has 5 heteroatoms. The van der Waals surface area contributed by atoms with Gasteiger partial charge in [-0.25, -0.2) is 0 Å². The topological polar surface area (TPSA) is 59.3 Å². The Bertz CT molecular complexity index is 1000. The fourth-order valence-electron chi connectivity index (χ4n) is 4.15. The lowest BCUT2D eigenvalue weighted by Crippen LogP contribution is -2.29. The number of nitrogens with zero attached hydrogens (tertiary/aromatic N) is 1. The maximum Gasteiger partial charge on any atom is 0.310 e. The highest BCUT2D eigenvalue weighted by atomic mass is 32.1. The summed E-state index contributed by atoms with van der Waals surface area (Å²) in [5, 5.41) is 10.7. The Morgan fingerprint density at radius 1 is 1.11 bits per heavy atom. The van der Waals surface area contributed by atoms with Crippen molar-refractivity contribution in [3.63, 3.8) is 0 Å². The first-order valence-electron chi connectivity index (χ1n) is 9.43. The molecule has 1 saturated carbocycles. The molecule has 1 heterocycles. The molecule has 1 aromatic heterocycles. The van der Waals surface area contributed by atoms with Crippen molar-refractivity contribution in [2.24, 2.45) is 5.41 Å². The fraction of sp³-hybridized carbons (Fsp3) is 0.364. The highest BCUT2D eigenvalue weighted by molar-refractivity contribution is 7.10. The molecule has 0 radical (unpaired) electrons. The number of rotatable bonds is 3. The lowest BCUT2D eigenvalue weighted by atomic mass is 9.75. The SMILES string of the molecule is CC1(Cn2c(O)c(C=C3C=CC(=O)c4ccccc43)sc2=O)CCCCC1. The van der Waals surface area contributed by atoms with Crippen molar-refractivity contribution >= 4 is 28.8 Å². The second kappa shape index (κ2) is 6.97. The van der Waals surface area contributed by atoms with Crippen LogP contribution < -0.4 is 4.87 Å². The van der Waals surface area contributed by atoms with Gasteiger partial charge < -0.3 is 5.11 Å². The van der Waals surface area contributed by atoms with Crippen LogP contribution in [0.4, 0.5) is 0 Å². The van der Waals surface area contributed by atoms with Gasteiger partial charge in [0.05, 0.1) is 4.88 Å². The number of fused-ring (bicyclic) bond motifs is 1. The van der Waals surface area contributed by atoms with E-state index in [-0.39, 0.29) is 22.0 Å². The van der Waals surface area contributed by atoms with Gasteiger partial charge in [0.15, 0.2) is 5.78 Å². The number of thiazole rings is 1. The van der Waals surface area contributed by atoms with Crippen LogP contribution in [0.1, 0.15) is 59.8 Å². The first-order valence-corrected chi connectivity index (χ1v) is 10.2. The lowest BCUT2D eigenvalue weighted by Gasteiger charge is -2.33. The molecule has 2 aliphatic carbocycles. The number of hydrogen-bond donors (Lipinski definition) is 1. The van der Waals surface area contributed by atoms with Crippen molar-refractivity contribution in [2.75, 3.05) is 0 Å². The molecule has 0 saturated heterocycles. The van der Waals surface area contributed by atoms with Crippen molar-refractivity contribution < 1.29 is 9.90 Å². The number of carbonyl (C=O) groups excluding carboxylic acids is 1. The van der Waals surface area contributed by atoms with Crippen LogP contribution >= 0.6 is 11.3 Å². The number of aromatic hydroxyl groups is 1. The number of benzene rings is 1. The predicted molar refractivity (Wildman–Crippen MR) is 109 cm³/mol. The lowest BCUT2D eigenvalue weighted by molar-refractivity contribution is 0.104. The van der Waals surface area contributed by atoms with Crippen molar-refractivity contribution in [3.05, 3.63) is 62.1 Å². The standard InChI is InChI=1S/C22H23NO3S/c1-22(11-5-2-6-12-22)14-23-20(25)19(27-21(23)26)13-15-9-10-18(24)17-8-4-3-7-16(15)17/h3-4,7-10,13,25H,2,5-6,11-12,14H2,1H3. The summed E-state index contributed by atoms with van der Waals surface area (Å²) < 4.78 is 1.52. The van der Waals surface area contributed by atoms with Crippen LogP contribution in [-0.4, -0.2) is 15.5 Å². The van der Waals surface area contributed by atoms with E-state index in [1.54, 1.807) is 12.1 Å². The second-order valence-corrected chi connectivity index (χ2v) is 8.85. The van der Waals surface area contributed by atoms with Crippen molar-refractivity contribution in [2.45, 2.75) is 45.6 Å². The van der Waals surface area contributed by atoms with Gasteiger partial charge in [-0.2, -0.15) is 0 Å². The number of carbonyl (C=O) groups is 1. The zero-order valence-corrected chi connectivity index (χ0v) is 16.2. The van der Waals surface area contributed by atoms with Crippen LogP contribution in [0.3, 0.4) is 0 Å². The molecule has 2 aliphatic rings. The predicted octanol–water partition coefficient (Wildman–Crippen LogP) is 4.88. The Morgan fingerprint density at radius 3 is 2.56 bits per heavy atom. The smallest absolute Gasteiger partial charge is 0.310 e. The van der Waals surface area contributed by atoms with Gasteiger partial charge in [-0.1, -0.05) is 67.9 Å². The van der Waals surface area contributed by atoms with Crippen LogP contribution in [-0.2, 0) is 6.54 Å². The minimum absolute atomic E-state index is 0.0250. The Labute approximate surface area is 162 Å². The number of aromatic nitrogens is 1. The van der Waals surface area contributed by atoms with Gasteiger partial charge in [-0.3, -0.25) is 14.2 Å². The molecule has 0 aliphatic heterocycles. The van der Waals surface area contributed by atoms with E-state index in [1.165, 1.54) is 29.9 Å². The zero-order valence-electron chi connectivity index (χ0n) is 15.4. The minimum Gasteiger partial charge on any atom is -0.493 e. The van der Waals surface area contributed by atoms with Crippen LogP contribution in [0.2, 0.25) is 0 Å². The van der Waals surface area contributed by atoms with Gasteiger partial charge in [0.1, 0.15) is 0 Å². The van der Waals surface area contributed by atoms with E-state index in [0.29, 0.717) is 17.0 Å². The van der Waals surface area contributed by atoms with Gasteiger partial charge in [0, 0.05) is 12.1 Å². The minimum atomic E-state index is -0.129. The summed E-state index contributed by atoms with van der Waals surface area (Å²) in [5.41, 5.74) is 2.37. The summed E-state index contributed by atoms with van der Waals surface area (Å²) in [7, 11) is 0. The van der Waals surface area contributed by atoms with Gasteiger partial charge in [-0.15, -0.1) is 0 Å². The molecule has 4 nitrogen and oxygen atoms in total. The third kappa shape index (κ3) is 3.44. The van der Waals surface area contributed by atoms with Crippen LogP contribution in [0.5, 0.6) is 5.88 Å². The van der Waals surface area contributed by atoms with Crippen molar-refractivity contribution in [1.29, 1.82) is 0 Å². The Kier molecular flexibility index (Phi) is 4.64. The third-order valence-corrected chi connectivity index (χ3v) is 6.61. The normalized spacial score (nSPS) is 20.0. The molecular formula is C22H23NO3S. The van der Waals surface area contributed by atoms with Gasteiger partial charge in [0.25, 0.3) is 0 Å². The largest absolute Gasteiger partial charge is 0.493 e. The molecule has 4 rings (SSSR count). The van der Waals surface area contributed by atoms with E-state index in [9.17, 15) is 14.7 Å². The maximum absolute atomic E-state index is 12.5. The summed E-state index contributed by atoms with van der Waals surface area (Å²) in [6, 6.07) is 7.41. The Hall–Kier alpha value is -2.40. The summed E-state index contributed by atoms with van der Waals surface area (Å²) in [6.07, 6.45) is 10.9. The molecule has 27 heavy (non-hydrogen) atoms. The van der Waals surface area contributed by atoms with E-state index in [2.05, 4.69) is 6.92 Å². The van der Waals surface area contributed by atoms with Gasteiger partial charge in [0.2, 0.25) is 5.88 Å². The van der Waals surface area contributed by atoms with Gasteiger partial charge >= 0.3 is 4.87 Å². The summed E-state index contributed by atoms with van der Waals surface area (Å²) in [6.45, 7) is 2.77. The average Bonchev–Trinajstić information content (AvgIpc) is 2.92. The fourth-order valence-corrected chi connectivity index (χ4v) is 4.99. The number of hydrogen-bond acceptors (Lipinski definition) is 4. The Morgan fingerprint density at radius 2 is 1.81 bits per heavy atom. The van der Waals surface area contributed by atoms with Crippen molar-refractivity contribution in [1.82, 2.24) is 4.57 Å². The summed E-state index contributed by atoms with van der Waals surface area (Å²) in [5.74, 6) is 0.00929. The highest BCUT2D eigenvalue weighted by Gasteiger charge is 2.29. The van der Waals surface area contributed by atoms with Crippen LogP contribution in [0, 0.1) is 5.41 Å². The maximum atomic E-state index is 12.5. The number of ketones is 1. The van der Waals surface area contributed by atoms with Gasteiger partial charge in [-0.05, 0) is 41.5 Å². The third-order valence-electron chi connectivity index (χ3n) is 5.70. The monoisotopic (exact) mass is 381 g/mol. The molecule has 1 aromatic carbocycles. The van der Waals surface area contributed by atoms with Crippen molar-refractivity contribution in [3.8, 4) is 5.88 Å². The molecule has 1 N–H and O–H groups in total. The average molecular weight is 381 g/mol. The highest BCUT2D eigenvalue weighted by Crippen LogP contribution is 2.39. The summed E-state index contributed by atoms with van der Waals surface area (Å²) >= 11 is 1.06. The van der Waals surface area contributed by atoms with E-state index in [0.717, 1.165) is 35.3 Å². The van der Waals surface area contributed by atoms with E-state index in [1.807, 2.05) is 24.3 Å². The quantitative estimate of drug-likeness (QED) is 0.824. The molecule has 0 atom stereocenters. The zero-order chi connectivity index (χ0) is 19.0. The first kappa shape index (κ1) is 18.0. The molecule has 0 bridgehead atoms. The second-order valence-electron chi connectivity index (χ2n) is 7.86. The van der Waals surface area contributed by atoms with Crippen LogP contribution in [0.25, 0.3) is 11.6 Å².